The molecule has 0 spiro atoms. The highest BCUT2D eigenvalue weighted by molar-refractivity contribution is 6.43. The molecule has 3 heterocycles. The molecule has 2 aromatic heterocycles. The number of rotatable bonds is 6. The fourth-order valence-corrected chi connectivity index (χ4v) is 2.72. The van der Waals surface area contributed by atoms with Crippen LogP contribution in [0.2, 0.25) is 6.32 Å². The molecule has 0 radical (unpaired) electrons. The molecule has 0 aliphatic carbocycles. The Balaban J connectivity index is 1.88. The largest absolute Gasteiger partial charge is 0.491 e. The van der Waals surface area contributed by atoms with Gasteiger partial charge in [-0.05, 0) is 24.4 Å². The van der Waals surface area contributed by atoms with Crippen molar-refractivity contribution in [1.29, 1.82) is 0 Å². The van der Waals surface area contributed by atoms with Gasteiger partial charge >= 0.3 is 7.12 Å². The van der Waals surface area contributed by atoms with Gasteiger partial charge in [-0.2, -0.15) is 0 Å². The normalized spacial score (nSPS) is 17.1. The minimum Gasteiger partial charge on any atom is -0.491 e. The molecule has 1 atom stereocenters. The minimum atomic E-state index is -0.688. The number of methoxy groups -OCH3 is 1. The van der Waals surface area contributed by atoms with Crippen molar-refractivity contribution in [2.45, 2.75) is 25.6 Å². The number of hydrogen-bond acceptors (Lipinski definition) is 6. The van der Waals surface area contributed by atoms with Gasteiger partial charge in [-0.1, -0.05) is 6.92 Å². The minimum absolute atomic E-state index is 0.154. The number of hydrogen-bond donors (Lipinski definition) is 1. The average Bonchev–Trinajstić information content (AvgIpc) is 3.06. The summed E-state index contributed by atoms with van der Waals surface area (Å²) in [5, 5.41) is 9.54. The van der Waals surface area contributed by atoms with Crippen LogP contribution in [0, 0.1) is 0 Å². The Morgan fingerprint density at radius 2 is 2.17 bits per heavy atom. The van der Waals surface area contributed by atoms with Crippen LogP contribution in [0.25, 0.3) is 11.3 Å². The highest BCUT2D eigenvalue weighted by Crippen LogP contribution is 2.33. The quantitative estimate of drug-likeness (QED) is 0.822. The van der Waals surface area contributed by atoms with Crippen molar-refractivity contribution in [3.8, 4) is 22.8 Å². The molecular weight excluding hydrogens is 307 g/mol. The summed E-state index contributed by atoms with van der Waals surface area (Å²) in [5.41, 5.74) is 2.71. The van der Waals surface area contributed by atoms with Crippen LogP contribution < -0.4 is 9.47 Å². The van der Waals surface area contributed by atoms with Crippen LogP contribution in [0.3, 0.4) is 0 Å². The van der Waals surface area contributed by atoms with Crippen molar-refractivity contribution in [3.63, 3.8) is 0 Å². The molecule has 7 heteroatoms. The Morgan fingerprint density at radius 1 is 1.29 bits per heavy atom. The van der Waals surface area contributed by atoms with E-state index in [1.165, 1.54) is 0 Å². The third kappa shape index (κ3) is 3.68. The second kappa shape index (κ2) is 7.64. The van der Waals surface area contributed by atoms with E-state index < -0.39 is 7.12 Å². The van der Waals surface area contributed by atoms with E-state index in [4.69, 9.17) is 14.1 Å². The zero-order valence-electron chi connectivity index (χ0n) is 13.9. The third-order valence-electron chi connectivity index (χ3n) is 4.02. The van der Waals surface area contributed by atoms with E-state index in [-0.39, 0.29) is 5.92 Å². The van der Waals surface area contributed by atoms with Gasteiger partial charge in [-0.3, -0.25) is 9.97 Å². The lowest BCUT2D eigenvalue weighted by Crippen LogP contribution is -2.07. The topological polar surface area (TPSA) is 73.7 Å². The molecule has 6 nitrogen and oxygen atoms in total. The standard InChI is InChI=1S/C17H21BN2O4/c1-3-4-23-16-6-15(20-10-17(16)22-2)13-5-12(8-19-9-13)14-7-18(21)24-11-14/h5-6,8-10,14,21H,3-4,7,11H2,1-2H3/t14-/m0/s1. The summed E-state index contributed by atoms with van der Waals surface area (Å²) >= 11 is 0. The Bertz CT molecular complexity index is 698. The van der Waals surface area contributed by atoms with Crippen molar-refractivity contribution in [2.75, 3.05) is 20.3 Å². The van der Waals surface area contributed by atoms with Gasteiger partial charge in [-0.15, -0.1) is 0 Å². The third-order valence-corrected chi connectivity index (χ3v) is 4.02. The van der Waals surface area contributed by atoms with E-state index >= 15 is 0 Å². The van der Waals surface area contributed by atoms with Gasteiger partial charge in [0.05, 0.1) is 25.6 Å². The fourth-order valence-electron chi connectivity index (χ4n) is 2.72. The number of nitrogens with zero attached hydrogens (tertiary/aromatic N) is 2. The van der Waals surface area contributed by atoms with Gasteiger partial charge in [0.2, 0.25) is 0 Å². The summed E-state index contributed by atoms with van der Waals surface area (Å²) in [7, 11) is 0.912. The predicted octanol–water partition coefficient (Wildman–Crippen LogP) is 2.54. The molecule has 0 saturated carbocycles. The lowest BCUT2D eigenvalue weighted by molar-refractivity contribution is 0.292. The van der Waals surface area contributed by atoms with Crippen LogP contribution in [-0.2, 0) is 4.65 Å². The maximum Gasteiger partial charge on any atom is 0.454 e. The van der Waals surface area contributed by atoms with Crippen LogP contribution in [0.5, 0.6) is 11.5 Å². The van der Waals surface area contributed by atoms with Gasteiger partial charge in [0, 0.05) is 36.5 Å². The lowest BCUT2D eigenvalue weighted by Gasteiger charge is -2.12. The molecule has 3 rings (SSSR count). The molecule has 2 aromatic rings. The van der Waals surface area contributed by atoms with Crippen molar-refractivity contribution in [3.05, 3.63) is 36.3 Å². The van der Waals surface area contributed by atoms with Crippen molar-refractivity contribution < 1.29 is 19.2 Å². The number of aromatic nitrogens is 2. The van der Waals surface area contributed by atoms with E-state index in [1.54, 1.807) is 19.5 Å². The summed E-state index contributed by atoms with van der Waals surface area (Å²) in [6, 6.07) is 3.91. The van der Waals surface area contributed by atoms with Crippen LogP contribution in [0.1, 0.15) is 24.8 Å². The van der Waals surface area contributed by atoms with E-state index in [1.807, 2.05) is 18.3 Å². The molecule has 0 unspecified atom stereocenters. The molecule has 0 aromatic carbocycles. The van der Waals surface area contributed by atoms with Gasteiger partial charge in [0.1, 0.15) is 0 Å². The van der Waals surface area contributed by atoms with E-state index in [0.29, 0.717) is 31.0 Å². The molecule has 24 heavy (non-hydrogen) atoms. The first-order valence-corrected chi connectivity index (χ1v) is 8.13. The van der Waals surface area contributed by atoms with Crippen molar-refractivity contribution >= 4 is 7.12 Å². The van der Waals surface area contributed by atoms with Gasteiger partial charge in [0.15, 0.2) is 11.5 Å². The highest BCUT2D eigenvalue weighted by Gasteiger charge is 2.30. The first-order valence-electron chi connectivity index (χ1n) is 8.13. The van der Waals surface area contributed by atoms with Gasteiger partial charge < -0.3 is 19.2 Å². The molecular formula is C17H21BN2O4. The van der Waals surface area contributed by atoms with Crippen LogP contribution in [0.4, 0.5) is 0 Å². The molecule has 0 amide bonds. The molecule has 1 N–H and O–H groups in total. The second-order valence-corrected chi connectivity index (χ2v) is 5.80. The van der Waals surface area contributed by atoms with E-state index in [2.05, 4.69) is 16.9 Å². The maximum atomic E-state index is 9.54. The van der Waals surface area contributed by atoms with Crippen molar-refractivity contribution in [2.24, 2.45) is 0 Å². The zero-order valence-corrected chi connectivity index (χ0v) is 13.9. The average molecular weight is 328 g/mol. The first kappa shape index (κ1) is 16.7. The van der Waals surface area contributed by atoms with Crippen LogP contribution in [-0.4, -0.2) is 42.4 Å². The molecule has 0 bridgehead atoms. The Labute approximate surface area is 142 Å². The summed E-state index contributed by atoms with van der Waals surface area (Å²) in [6.07, 6.45) is 6.76. The predicted molar refractivity (Wildman–Crippen MR) is 91.3 cm³/mol. The fraction of sp³-hybridized carbons (Fsp3) is 0.412. The number of ether oxygens (including phenoxy) is 2. The van der Waals surface area contributed by atoms with Crippen molar-refractivity contribution in [1.82, 2.24) is 9.97 Å². The Kier molecular flexibility index (Phi) is 5.32. The maximum absolute atomic E-state index is 9.54. The summed E-state index contributed by atoms with van der Waals surface area (Å²) < 4.78 is 16.3. The highest BCUT2D eigenvalue weighted by atomic mass is 16.5. The summed E-state index contributed by atoms with van der Waals surface area (Å²) in [4.78, 5) is 8.76. The first-order chi connectivity index (χ1) is 11.7. The second-order valence-electron chi connectivity index (χ2n) is 5.80. The SMILES string of the molecule is CCCOc1cc(-c2cncc([C@@H]3COB(O)C3)c2)ncc1OC. The lowest BCUT2D eigenvalue weighted by atomic mass is 9.80. The van der Waals surface area contributed by atoms with E-state index in [9.17, 15) is 5.02 Å². The smallest absolute Gasteiger partial charge is 0.454 e. The monoisotopic (exact) mass is 328 g/mol. The molecule has 1 fully saturated rings. The van der Waals surface area contributed by atoms with Gasteiger partial charge in [0.25, 0.3) is 0 Å². The molecule has 1 saturated heterocycles. The number of pyridine rings is 2. The molecule has 1 aliphatic rings. The molecule has 126 valence electrons. The Morgan fingerprint density at radius 3 is 2.88 bits per heavy atom. The van der Waals surface area contributed by atoms with Gasteiger partial charge in [-0.25, -0.2) is 0 Å². The van der Waals surface area contributed by atoms with Crippen LogP contribution >= 0.6 is 0 Å². The summed E-state index contributed by atoms with van der Waals surface area (Å²) in [5.74, 6) is 1.44. The Hall–Kier alpha value is -2.12. The summed E-state index contributed by atoms with van der Waals surface area (Å²) in [6.45, 7) is 3.18. The van der Waals surface area contributed by atoms with Crippen LogP contribution in [0.15, 0.2) is 30.7 Å². The zero-order chi connectivity index (χ0) is 16.9. The molecule has 1 aliphatic heterocycles. The van der Waals surface area contributed by atoms with E-state index in [0.717, 1.165) is 23.2 Å².